The van der Waals surface area contributed by atoms with Crippen LogP contribution in [0.2, 0.25) is 0 Å². The lowest BCUT2D eigenvalue weighted by atomic mass is 9.79. The lowest BCUT2D eigenvalue weighted by Gasteiger charge is -2.32. The van der Waals surface area contributed by atoms with Gasteiger partial charge in [0.2, 0.25) is 0 Å². The fourth-order valence-corrected chi connectivity index (χ4v) is 3.72. The van der Waals surface area contributed by atoms with E-state index in [1.165, 1.54) is 0 Å². The fraction of sp³-hybridized carbons (Fsp3) is 0.900. The first-order valence-corrected chi connectivity index (χ1v) is 9.85. The van der Waals surface area contributed by atoms with Gasteiger partial charge in [-0.15, -0.1) is 0 Å². The molecule has 0 aromatic carbocycles. The van der Waals surface area contributed by atoms with Crippen molar-refractivity contribution >= 4 is 11.6 Å². The Bertz CT molecular complexity index is 433. The molecular formula is C20H34O4. The van der Waals surface area contributed by atoms with Crippen LogP contribution in [-0.4, -0.2) is 36.0 Å². The number of Topliss-reactive ketones (excluding diaryl/α,β-unsaturated/α-hetero) is 2. The molecule has 2 aliphatic rings. The van der Waals surface area contributed by atoms with Crippen LogP contribution in [0.25, 0.3) is 0 Å². The molecule has 1 heterocycles. The summed E-state index contributed by atoms with van der Waals surface area (Å²) in [6, 6.07) is 0. The van der Waals surface area contributed by atoms with Crippen LogP contribution in [0.4, 0.5) is 0 Å². The van der Waals surface area contributed by atoms with Crippen LogP contribution < -0.4 is 0 Å². The van der Waals surface area contributed by atoms with Gasteiger partial charge in [0.05, 0.1) is 12.2 Å². The molecule has 4 unspecified atom stereocenters. The SMILES string of the molecule is CCCC(=O)CCCCCOC(C)(CC)C(=O)C1CCC2OC2C1. The second kappa shape index (κ2) is 9.10. The third-order valence-corrected chi connectivity index (χ3v) is 5.62. The van der Waals surface area contributed by atoms with Crippen molar-refractivity contribution in [2.75, 3.05) is 6.61 Å². The first-order chi connectivity index (χ1) is 11.5. The van der Waals surface area contributed by atoms with E-state index in [-0.39, 0.29) is 11.7 Å². The number of ether oxygens (including phenoxy) is 2. The Balaban J connectivity index is 1.66. The number of rotatable bonds is 12. The van der Waals surface area contributed by atoms with Crippen LogP contribution >= 0.6 is 0 Å². The molecule has 0 aromatic rings. The van der Waals surface area contributed by atoms with E-state index >= 15 is 0 Å². The van der Waals surface area contributed by atoms with Gasteiger partial charge in [-0.3, -0.25) is 9.59 Å². The van der Waals surface area contributed by atoms with Gasteiger partial charge >= 0.3 is 0 Å². The Labute approximate surface area is 146 Å². The number of hydrogen-bond donors (Lipinski definition) is 0. The van der Waals surface area contributed by atoms with Crippen LogP contribution in [0.5, 0.6) is 0 Å². The summed E-state index contributed by atoms with van der Waals surface area (Å²) in [7, 11) is 0. The van der Waals surface area contributed by atoms with Gasteiger partial charge in [-0.25, -0.2) is 0 Å². The summed E-state index contributed by atoms with van der Waals surface area (Å²) in [5.74, 6) is 0.729. The molecule has 4 heteroatoms. The number of carbonyl (C=O) groups is 2. The molecule has 1 aliphatic heterocycles. The van der Waals surface area contributed by atoms with Crippen molar-refractivity contribution in [3.63, 3.8) is 0 Å². The second-order valence-corrected chi connectivity index (χ2v) is 7.62. The minimum Gasteiger partial charge on any atom is -0.370 e. The minimum atomic E-state index is -0.662. The predicted octanol–water partition coefficient (Wildman–Crippen LogP) is 4.24. The molecule has 0 amide bonds. The van der Waals surface area contributed by atoms with Gasteiger partial charge in [-0.1, -0.05) is 20.3 Å². The maximum Gasteiger partial charge on any atom is 0.167 e. The van der Waals surface area contributed by atoms with E-state index in [2.05, 4.69) is 0 Å². The Morgan fingerprint density at radius 2 is 1.88 bits per heavy atom. The van der Waals surface area contributed by atoms with Crippen molar-refractivity contribution in [2.24, 2.45) is 5.92 Å². The predicted molar refractivity (Wildman–Crippen MR) is 94.0 cm³/mol. The minimum absolute atomic E-state index is 0.102. The van der Waals surface area contributed by atoms with E-state index in [0.717, 1.165) is 44.9 Å². The maximum absolute atomic E-state index is 12.9. The van der Waals surface area contributed by atoms with Gasteiger partial charge < -0.3 is 9.47 Å². The summed E-state index contributed by atoms with van der Waals surface area (Å²) in [4.78, 5) is 24.4. The van der Waals surface area contributed by atoms with E-state index in [0.29, 0.717) is 43.9 Å². The van der Waals surface area contributed by atoms with Crippen molar-refractivity contribution in [1.29, 1.82) is 0 Å². The molecule has 0 radical (unpaired) electrons. The van der Waals surface area contributed by atoms with Crippen LogP contribution in [0.1, 0.15) is 85.0 Å². The standard InChI is InChI=1S/C20H34O4/c1-4-9-16(21)10-7-6-8-13-23-20(3,5-2)19(22)15-11-12-17-18(14-15)24-17/h15,17-18H,4-14H2,1-3H3. The van der Waals surface area contributed by atoms with Crippen LogP contribution in [-0.2, 0) is 19.1 Å². The number of epoxide rings is 1. The molecule has 0 N–H and O–H groups in total. The molecule has 1 aliphatic carbocycles. The smallest absolute Gasteiger partial charge is 0.167 e. The van der Waals surface area contributed by atoms with Gasteiger partial charge in [-0.2, -0.15) is 0 Å². The quantitative estimate of drug-likeness (QED) is 0.394. The number of carbonyl (C=O) groups excluding carboxylic acids is 2. The zero-order valence-electron chi connectivity index (χ0n) is 15.6. The zero-order valence-corrected chi connectivity index (χ0v) is 15.6. The van der Waals surface area contributed by atoms with Gasteiger partial charge in [0, 0.05) is 25.4 Å². The normalized spacial score (nSPS) is 28.0. The molecule has 2 fully saturated rings. The average molecular weight is 338 g/mol. The third-order valence-electron chi connectivity index (χ3n) is 5.62. The number of ketones is 2. The van der Waals surface area contributed by atoms with Crippen molar-refractivity contribution in [3.05, 3.63) is 0 Å². The summed E-state index contributed by atoms with van der Waals surface area (Å²) in [5.41, 5.74) is -0.662. The maximum atomic E-state index is 12.9. The lowest BCUT2D eigenvalue weighted by Crippen LogP contribution is -2.43. The molecule has 4 nitrogen and oxygen atoms in total. The van der Waals surface area contributed by atoms with Crippen molar-refractivity contribution in [2.45, 2.75) is 103 Å². The van der Waals surface area contributed by atoms with E-state index in [4.69, 9.17) is 9.47 Å². The fourth-order valence-electron chi connectivity index (χ4n) is 3.72. The van der Waals surface area contributed by atoms with E-state index in [1.807, 2.05) is 20.8 Å². The molecular weight excluding hydrogens is 304 g/mol. The molecule has 2 rings (SSSR count). The summed E-state index contributed by atoms with van der Waals surface area (Å²) in [5, 5.41) is 0. The van der Waals surface area contributed by atoms with Crippen LogP contribution in [0, 0.1) is 5.92 Å². The Morgan fingerprint density at radius 3 is 2.54 bits per heavy atom. The second-order valence-electron chi connectivity index (χ2n) is 7.62. The topological polar surface area (TPSA) is 55.9 Å². The number of fused-ring (bicyclic) bond motifs is 1. The number of hydrogen-bond acceptors (Lipinski definition) is 4. The van der Waals surface area contributed by atoms with Gasteiger partial charge in [-0.05, 0) is 51.9 Å². The van der Waals surface area contributed by atoms with Gasteiger partial charge in [0.25, 0.3) is 0 Å². The van der Waals surface area contributed by atoms with E-state index in [9.17, 15) is 9.59 Å². The third kappa shape index (κ3) is 5.38. The zero-order chi connectivity index (χ0) is 17.6. The summed E-state index contributed by atoms with van der Waals surface area (Å²) < 4.78 is 11.6. The molecule has 1 saturated heterocycles. The van der Waals surface area contributed by atoms with Crippen molar-refractivity contribution in [3.8, 4) is 0 Å². The molecule has 0 spiro atoms. The summed E-state index contributed by atoms with van der Waals surface area (Å²) in [6.07, 6.45) is 9.47. The highest BCUT2D eigenvalue weighted by Gasteiger charge is 2.48. The van der Waals surface area contributed by atoms with Crippen molar-refractivity contribution < 1.29 is 19.1 Å². The first kappa shape index (κ1) is 19.6. The van der Waals surface area contributed by atoms with E-state index in [1.54, 1.807) is 0 Å². The largest absolute Gasteiger partial charge is 0.370 e. The van der Waals surface area contributed by atoms with Crippen LogP contribution in [0.15, 0.2) is 0 Å². The first-order valence-electron chi connectivity index (χ1n) is 9.85. The molecule has 138 valence electrons. The average Bonchev–Trinajstić information content (AvgIpc) is 3.35. The monoisotopic (exact) mass is 338 g/mol. The summed E-state index contributed by atoms with van der Waals surface area (Å²) in [6.45, 7) is 6.62. The Hall–Kier alpha value is -0.740. The van der Waals surface area contributed by atoms with Crippen molar-refractivity contribution in [1.82, 2.24) is 0 Å². The Morgan fingerprint density at radius 1 is 1.08 bits per heavy atom. The Kier molecular flexibility index (Phi) is 7.42. The molecule has 24 heavy (non-hydrogen) atoms. The molecule has 4 atom stereocenters. The van der Waals surface area contributed by atoms with Gasteiger partial charge in [0.15, 0.2) is 5.78 Å². The molecule has 0 aromatic heterocycles. The summed E-state index contributed by atoms with van der Waals surface area (Å²) >= 11 is 0. The highest BCUT2D eigenvalue weighted by atomic mass is 16.6. The van der Waals surface area contributed by atoms with Gasteiger partial charge in [0.1, 0.15) is 11.4 Å². The highest BCUT2D eigenvalue weighted by molar-refractivity contribution is 5.89. The molecule has 0 bridgehead atoms. The van der Waals surface area contributed by atoms with Crippen LogP contribution in [0.3, 0.4) is 0 Å². The number of unbranched alkanes of at least 4 members (excludes halogenated alkanes) is 2. The molecule has 1 saturated carbocycles. The lowest BCUT2D eigenvalue weighted by molar-refractivity contribution is -0.148. The highest BCUT2D eigenvalue weighted by Crippen LogP contribution is 2.41. The van der Waals surface area contributed by atoms with E-state index < -0.39 is 5.60 Å².